The Hall–Kier alpha value is -4.45. The third-order valence-corrected chi connectivity index (χ3v) is 34.6. The van der Waals surface area contributed by atoms with Crippen LogP contribution in [0.15, 0.2) is 81.6 Å². The number of carbonyl (C=O) groups excluding carboxylic acids is 4. The maximum absolute atomic E-state index is 15.9. The van der Waals surface area contributed by atoms with Crippen LogP contribution < -0.4 is 9.55 Å². The van der Waals surface area contributed by atoms with Gasteiger partial charge in [0.15, 0.2) is 0 Å². The van der Waals surface area contributed by atoms with Gasteiger partial charge < -0.3 is 52.2 Å². The van der Waals surface area contributed by atoms with Gasteiger partial charge in [0, 0.05) is 41.8 Å². The summed E-state index contributed by atoms with van der Waals surface area (Å²) in [5.41, 5.74) is 3.24. The highest BCUT2D eigenvalue weighted by molar-refractivity contribution is 7.24. The van der Waals surface area contributed by atoms with Crippen LogP contribution in [0.4, 0.5) is 0 Å². The Morgan fingerprint density at radius 2 is 0.489 bits per heavy atom. The Morgan fingerprint density at radius 3 is 0.704 bits per heavy atom. The molecule has 4 unspecified atom stereocenters. The van der Waals surface area contributed by atoms with E-state index in [9.17, 15) is 9.59 Å². The van der Waals surface area contributed by atoms with Gasteiger partial charge in [0.25, 0.3) is 23.6 Å². The zero-order chi connectivity index (χ0) is 97.9. The molecule has 0 aromatic carbocycles. The fourth-order valence-corrected chi connectivity index (χ4v) is 23.8. The second kappa shape index (κ2) is 56.6. The van der Waals surface area contributed by atoms with Crippen LogP contribution in [0.1, 0.15) is 480 Å². The van der Waals surface area contributed by atoms with Gasteiger partial charge >= 0.3 is 21.6 Å². The van der Waals surface area contributed by atoms with Crippen molar-refractivity contribution in [2.45, 2.75) is 500 Å². The first kappa shape index (κ1) is 114. The molecule has 4 aromatic rings. The molecule has 11 rings (SSSR count). The van der Waals surface area contributed by atoms with Crippen molar-refractivity contribution in [3.05, 3.63) is 101 Å². The van der Waals surface area contributed by atoms with Gasteiger partial charge in [-0.2, -0.15) is 0 Å². The number of carbonyl (C=O) groups is 4. The molecule has 4 amide bonds. The fourth-order valence-electron chi connectivity index (χ4n) is 20.2. The van der Waals surface area contributed by atoms with Crippen LogP contribution in [-0.4, -0.2) is 131 Å². The summed E-state index contributed by atoms with van der Waals surface area (Å²) in [6.07, 6.45) is 59.0. The monoisotopic (exact) mass is 1940 g/mol. The lowest BCUT2D eigenvalue weighted by atomic mass is 9.88. The van der Waals surface area contributed by atoms with E-state index >= 15 is 9.59 Å². The van der Waals surface area contributed by atoms with E-state index in [0.29, 0.717) is 72.1 Å². The molecule has 0 N–H and O–H groups in total. The topological polar surface area (TPSA) is 146 Å². The third kappa shape index (κ3) is 32.0. The number of nitrogens with zero attached hydrogens (tertiary/aromatic N) is 4. The fraction of sp³-hybridized carbons (Fsp3) is 0.752. The molecule has 0 aliphatic carbocycles. The number of rotatable bonds is 64. The van der Waals surface area contributed by atoms with E-state index in [1.54, 1.807) is 45.3 Å². The van der Waals surface area contributed by atoms with Crippen molar-refractivity contribution >= 4 is 123 Å². The summed E-state index contributed by atoms with van der Waals surface area (Å²) in [5, 5.41) is 4.19. The van der Waals surface area contributed by atoms with Crippen molar-refractivity contribution in [2.24, 2.45) is 23.7 Å². The summed E-state index contributed by atoms with van der Waals surface area (Å²) in [5.74, 6) is 1.59. The number of hydrogen-bond acceptors (Lipinski definition) is 15. The standard InChI is InChI=1S/C58H94B2N2O6S2.C46H72N2O2S2.C9H19BO3/c1-13-17-21-25-27-31-35-43(33-29-23-19-15-3)41-61-51(45-37-39-47(69-45)59-65-55(5,6)56(7,8)66-59)49-50(53(61)63)52(46-38-40-48(70-46)60-67-57(9,10)58(11,12)68-60)62(54(49)64)42-44(34-30-24-20-16-4)36-32-28-26-22-18-14-2;1-5-9-13-17-19-23-29-37(27-21-15-11-7-3)35-47-43(39-31-25-33-51-39)41-42(45(47)49)44(40-32-26-34-52-40)48(46(41)50)36-38(28-22-16-12-8-4)30-24-20-18-14-10-6-2;1-7(2)11-10-12-8(3,4)9(5,6)13-10/h37-40,43-44H,13-36,41-42H2,1-12H3;25-26,31-34,37-38H,5-24,27-30,35-36H2,1-4H3;7H,1-6H3. The number of thiophene rings is 4. The van der Waals surface area contributed by atoms with E-state index in [2.05, 4.69) is 180 Å². The first-order chi connectivity index (χ1) is 64.7. The van der Waals surface area contributed by atoms with Gasteiger partial charge in [-0.05, 0) is 207 Å². The molecule has 15 nitrogen and oxygen atoms in total. The zero-order valence-corrected chi connectivity index (χ0v) is 92.3. The van der Waals surface area contributed by atoms with Crippen molar-refractivity contribution in [2.75, 3.05) is 26.2 Å². The molecule has 756 valence electrons. The lowest BCUT2D eigenvalue weighted by Crippen LogP contribution is -2.41. The maximum atomic E-state index is 15.9. The van der Waals surface area contributed by atoms with Crippen LogP contribution in [0.2, 0.25) is 0 Å². The van der Waals surface area contributed by atoms with Crippen LogP contribution in [0.25, 0.3) is 22.8 Å². The molecule has 0 spiro atoms. The number of hydrogen-bond donors (Lipinski definition) is 0. The minimum absolute atomic E-state index is 0.0380. The highest BCUT2D eigenvalue weighted by atomic mass is 32.1. The minimum atomic E-state index is -0.532. The summed E-state index contributed by atoms with van der Waals surface area (Å²) in [4.78, 5) is 73.7. The molecule has 3 fully saturated rings. The van der Waals surface area contributed by atoms with Crippen molar-refractivity contribution in [3.63, 3.8) is 0 Å². The van der Waals surface area contributed by atoms with E-state index in [0.717, 1.165) is 129 Å². The molecule has 22 heteroatoms. The van der Waals surface area contributed by atoms with Gasteiger partial charge in [0.1, 0.15) is 0 Å². The first-order valence-electron chi connectivity index (χ1n) is 54.9. The van der Waals surface area contributed by atoms with Gasteiger partial charge in [-0.1, -0.05) is 336 Å². The van der Waals surface area contributed by atoms with E-state index in [4.69, 9.17) is 32.6 Å². The molecule has 7 aliphatic rings. The van der Waals surface area contributed by atoms with E-state index in [1.807, 2.05) is 51.3 Å². The van der Waals surface area contributed by atoms with E-state index in [1.165, 1.54) is 231 Å². The van der Waals surface area contributed by atoms with Gasteiger partial charge in [-0.25, -0.2) is 0 Å². The Labute approximate surface area is 839 Å². The van der Waals surface area contributed by atoms with E-state index in [-0.39, 0.29) is 40.9 Å². The van der Waals surface area contributed by atoms with Crippen molar-refractivity contribution in [1.82, 2.24) is 19.6 Å². The molecule has 11 heterocycles. The number of amides is 4. The number of unbranched alkanes of at least 4 members (excludes halogenated alkanes) is 32. The van der Waals surface area contributed by atoms with Crippen LogP contribution in [-0.2, 0) is 51.8 Å². The highest BCUT2D eigenvalue weighted by Gasteiger charge is 2.58. The maximum Gasteiger partial charge on any atom is 0.640 e. The van der Waals surface area contributed by atoms with Gasteiger partial charge in [0.2, 0.25) is 0 Å². The summed E-state index contributed by atoms with van der Waals surface area (Å²) in [6, 6.07) is 16.8. The molecule has 135 heavy (non-hydrogen) atoms. The Bertz CT molecular complexity index is 4030. The van der Waals surface area contributed by atoms with Crippen molar-refractivity contribution in [1.29, 1.82) is 0 Å². The second-order valence-electron chi connectivity index (χ2n) is 43.9. The normalized spacial score (nSPS) is 19.1. The SMILES string of the molecule is CC(C)OB1OC(C)(C)C(C)(C)O1.CCCCCCCCC(CCCCCC)CN1C(=O)C2=C(c3ccc(B4OC(C)(C)C(C)(C)O4)s3)N(CC(CCCCCC)CCCCCCCC)C(=O)C2=C1c1ccc(B2OC(C)(C)C(C)(C)O2)s1.CCCCCCCCC(CCCCCC)CN1C(=O)C2=C(c3cccs3)N(CC(CCCCCC)CCCCCCCC)C(=O)C2=C1c1cccs1. The summed E-state index contributed by atoms with van der Waals surface area (Å²) >= 11 is 6.54. The molecule has 4 atom stereocenters. The van der Waals surface area contributed by atoms with E-state index < -0.39 is 44.0 Å². The second-order valence-corrected chi connectivity index (χ2v) is 48.0. The van der Waals surface area contributed by atoms with Crippen molar-refractivity contribution in [3.8, 4) is 0 Å². The lowest BCUT2D eigenvalue weighted by molar-refractivity contribution is -0.124. The minimum Gasteiger partial charge on any atom is -0.399 e. The highest BCUT2D eigenvalue weighted by Crippen LogP contribution is 2.53. The summed E-state index contributed by atoms with van der Waals surface area (Å²) < 4.78 is 45.0. The average molecular weight is 1940 g/mol. The molecule has 0 saturated carbocycles. The first-order valence-corrected chi connectivity index (χ1v) is 58.3. The number of fused-ring (bicyclic) bond motifs is 2. The molecular weight excluding hydrogens is 1750 g/mol. The molecule has 3 saturated heterocycles. The van der Waals surface area contributed by atoms with Crippen LogP contribution in [0, 0.1) is 23.7 Å². The zero-order valence-electron chi connectivity index (χ0n) is 89.1. The van der Waals surface area contributed by atoms with Crippen LogP contribution in [0.5, 0.6) is 0 Å². The smallest absolute Gasteiger partial charge is 0.399 e. The summed E-state index contributed by atoms with van der Waals surface area (Å²) in [6.45, 7) is 49.5. The Kier molecular flexibility index (Phi) is 47.8. The molecule has 0 radical (unpaired) electrons. The van der Waals surface area contributed by atoms with Gasteiger partial charge in [0.05, 0.1) is 98.2 Å². The third-order valence-electron chi connectivity index (χ3n) is 30.7. The van der Waals surface area contributed by atoms with Crippen LogP contribution >= 0.6 is 45.3 Å². The van der Waals surface area contributed by atoms with Crippen LogP contribution in [0.3, 0.4) is 0 Å². The summed E-state index contributed by atoms with van der Waals surface area (Å²) in [7, 11) is -1.59. The molecule has 0 bridgehead atoms. The average Bonchev–Trinajstić information content (AvgIpc) is 1.55. The Balaban J connectivity index is 0.000000275. The quantitative estimate of drug-likeness (QED) is 0.0307. The largest absolute Gasteiger partial charge is 0.640 e. The van der Waals surface area contributed by atoms with Gasteiger partial charge in [-0.3, -0.25) is 19.2 Å². The lowest BCUT2D eigenvalue weighted by Gasteiger charge is -2.32. The molecule has 4 aromatic heterocycles. The predicted octanol–water partition coefficient (Wildman–Crippen LogP) is 31.2. The predicted molar refractivity (Wildman–Crippen MR) is 577 cm³/mol. The van der Waals surface area contributed by atoms with Gasteiger partial charge in [-0.15, -0.1) is 45.3 Å². The van der Waals surface area contributed by atoms with Crippen molar-refractivity contribution < 1.29 is 51.8 Å². The Morgan fingerprint density at radius 1 is 0.281 bits per heavy atom. The molecule has 7 aliphatic heterocycles. The molecular formula is C113H185B3N4O11S4.